The molecule has 4 unspecified atom stereocenters. The van der Waals surface area contributed by atoms with Crippen LogP contribution in [-0.4, -0.2) is 27.7 Å². The molecule has 1 aliphatic heterocycles. The lowest BCUT2D eigenvalue weighted by molar-refractivity contribution is 0.507. The maximum absolute atomic E-state index is 5.53. The Bertz CT molecular complexity index is 2710. The van der Waals surface area contributed by atoms with Crippen LogP contribution in [-0.2, 0) is 0 Å². The van der Waals surface area contributed by atoms with E-state index in [1.807, 2.05) is 0 Å². The molecule has 0 fully saturated rings. The number of hydrogen-bond acceptors (Lipinski definition) is 3. The summed E-state index contributed by atoms with van der Waals surface area (Å²) in [6, 6.07) is 46.2. The van der Waals surface area contributed by atoms with E-state index in [-0.39, 0.29) is 23.8 Å². The monoisotopic (exact) mass is 750 g/mol. The molecule has 0 bridgehead atoms. The van der Waals surface area contributed by atoms with Crippen molar-refractivity contribution < 1.29 is 0 Å². The van der Waals surface area contributed by atoms with E-state index < -0.39 is 5.54 Å². The Balaban J connectivity index is 1.21. The summed E-state index contributed by atoms with van der Waals surface area (Å²) in [4.78, 5) is 11.0. The summed E-state index contributed by atoms with van der Waals surface area (Å²) in [6.45, 7) is 4.46. The van der Waals surface area contributed by atoms with Crippen LogP contribution in [0.4, 0.5) is 5.69 Å². The Kier molecular flexibility index (Phi) is 9.18. The van der Waals surface area contributed by atoms with Crippen LogP contribution in [0.1, 0.15) is 31.7 Å². The molecule has 6 aromatic rings. The Hall–Kier alpha value is -6.78. The van der Waals surface area contributed by atoms with Gasteiger partial charge in [0.2, 0.25) is 0 Å². The van der Waals surface area contributed by atoms with Crippen LogP contribution in [0.25, 0.3) is 50.1 Å². The Morgan fingerprint density at radius 2 is 1.33 bits per heavy atom. The Labute approximate surface area is 341 Å². The lowest BCUT2D eigenvalue weighted by Gasteiger charge is -2.37. The topological polar surface area (TPSA) is 41.7 Å². The molecule has 3 aliphatic carbocycles. The second-order valence-corrected chi connectivity index (χ2v) is 16.0. The molecule has 0 saturated heterocycles. The van der Waals surface area contributed by atoms with Crippen LogP contribution in [0.5, 0.6) is 0 Å². The van der Waals surface area contributed by atoms with Gasteiger partial charge in [0.15, 0.2) is 0 Å². The summed E-state index contributed by atoms with van der Waals surface area (Å²) in [5.41, 5.74) is 12.1. The van der Waals surface area contributed by atoms with Gasteiger partial charge in [-0.1, -0.05) is 177 Å². The minimum Gasteiger partial charge on any atom is -0.338 e. The van der Waals surface area contributed by atoms with E-state index in [1.54, 1.807) is 0 Å². The third-order valence-corrected chi connectivity index (χ3v) is 12.1. The van der Waals surface area contributed by atoms with Gasteiger partial charge >= 0.3 is 0 Å². The van der Waals surface area contributed by atoms with E-state index in [0.717, 1.165) is 34.9 Å². The first kappa shape index (κ1) is 35.6. The number of benzene rings is 5. The van der Waals surface area contributed by atoms with Gasteiger partial charge in [-0.2, -0.15) is 0 Å². The number of anilines is 1. The number of hydrogen-bond donors (Lipinski definition) is 1. The first-order valence-corrected chi connectivity index (χ1v) is 20.5. The van der Waals surface area contributed by atoms with Crippen LogP contribution >= 0.6 is 0 Å². The molecule has 5 aromatic carbocycles. The normalized spacial score (nSPS) is 23.1. The number of aromatic nitrogens is 1. The molecule has 1 N–H and O–H groups in total. The zero-order chi connectivity index (χ0) is 39.1. The van der Waals surface area contributed by atoms with Crippen LogP contribution in [0.2, 0.25) is 0 Å². The maximum atomic E-state index is 5.53. The average Bonchev–Trinajstić information content (AvgIpc) is 3.62. The zero-order valence-corrected chi connectivity index (χ0v) is 32.9. The standard InChI is InChI=1S/C54H46N4/c1-37-20-12-13-27-44(37)51-53(57-54(2)33-19-18-32-49(54)56-51)55-47-30-16-14-28-45(47)52-50(40-25-10-5-11-26-40)46-29-15-17-31-48(46)58(52)43-35-41(38-21-6-3-7-22-38)34-42(36-43)39-23-8-4-9-24-39/h3-25,27-37,40,44,49H,26H2,1-2H3,(H,55,57)/t37?,40?,44?,49?,54-/m0/s1. The van der Waals surface area contributed by atoms with E-state index in [2.05, 4.69) is 224 Å². The number of nitrogens with one attached hydrogen (secondary N) is 1. The van der Waals surface area contributed by atoms with E-state index in [4.69, 9.17) is 9.98 Å². The number of nitrogens with zero attached hydrogens (tertiary/aromatic N) is 3. The average molecular weight is 751 g/mol. The Morgan fingerprint density at radius 1 is 0.655 bits per heavy atom. The van der Waals surface area contributed by atoms with Gasteiger partial charge in [-0.3, -0.25) is 9.98 Å². The van der Waals surface area contributed by atoms with Crippen molar-refractivity contribution in [2.24, 2.45) is 21.8 Å². The van der Waals surface area contributed by atoms with Gasteiger partial charge in [0.05, 0.1) is 23.0 Å². The van der Waals surface area contributed by atoms with Crippen molar-refractivity contribution in [3.8, 4) is 39.2 Å². The fourth-order valence-corrected chi connectivity index (χ4v) is 9.12. The van der Waals surface area contributed by atoms with Gasteiger partial charge in [0.1, 0.15) is 11.4 Å². The second kappa shape index (κ2) is 14.9. The number of fused-ring (bicyclic) bond motifs is 2. The molecule has 4 nitrogen and oxygen atoms in total. The zero-order valence-electron chi connectivity index (χ0n) is 32.9. The van der Waals surface area contributed by atoms with Gasteiger partial charge in [-0.05, 0) is 77.4 Å². The molecule has 0 saturated carbocycles. The summed E-state index contributed by atoms with van der Waals surface area (Å²) in [7, 11) is 0. The molecule has 0 radical (unpaired) electrons. The van der Waals surface area contributed by atoms with Crippen LogP contribution in [0.3, 0.4) is 0 Å². The van der Waals surface area contributed by atoms with E-state index in [1.165, 1.54) is 44.4 Å². The highest BCUT2D eigenvalue weighted by atomic mass is 15.1. The number of rotatable bonds is 7. The minimum atomic E-state index is -0.488. The number of allylic oxidation sites excluding steroid dienone is 10. The van der Waals surface area contributed by atoms with Crippen molar-refractivity contribution in [2.75, 3.05) is 5.32 Å². The molecular weight excluding hydrogens is 705 g/mol. The van der Waals surface area contributed by atoms with E-state index in [0.29, 0.717) is 0 Å². The summed E-state index contributed by atoms with van der Waals surface area (Å²) in [5, 5.41) is 5.21. The predicted molar refractivity (Wildman–Crippen MR) is 245 cm³/mol. The van der Waals surface area contributed by atoms with Crippen molar-refractivity contribution >= 4 is 28.1 Å². The fraction of sp³-hybridized carbons (Fsp3) is 0.148. The van der Waals surface area contributed by atoms with Crippen molar-refractivity contribution in [1.29, 1.82) is 0 Å². The molecule has 0 spiro atoms. The largest absolute Gasteiger partial charge is 0.338 e. The first-order valence-electron chi connectivity index (χ1n) is 20.5. The molecule has 2 heterocycles. The summed E-state index contributed by atoms with van der Waals surface area (Å²) in [5.74, 6) is 1.40. The van der Waals surface area contributed by atoms with E-state index in [9.17, 15) is 0 Å². The highest BCUT2D eigenvalue weighted by Gasteiger charge is 2.39. The minimum absolute atomic E-state index is 0.0595. The van der Waals surface area contributed by atoms with E-state index >= 15 is 0 Å². The van der Waals surface area contributed by atoms with Crippen molar-refractivity contribution in [3.05, 3.63) is 206 Å². The van der Waals surface area contributed by atoms with Crippen LogP contribution in [0.15, 0.2) is 210 Å². The molecule has 1 aromatic heterocycles. The number of amidine groups is 1. The molecular formula is C54H46N4. The summed E-state index contributed by atoms with van der Waals surface area (Å²) in [6.07, 6.45) is 27.4. The lowest BCUT2D eigenvalue weighted by Crippen LogP contribution is -2.46. The maximum Gasteiger partial charge on any atom is 0.148 e. The van der Waals surface area contributed by atoms with Gasteiger partial charge < -0.3 is 9.88 Å². The predicted octanol–water partition coefficient (Wildman–Crippen LogP) is 13.1. The van der Waals surface area contributed by atoms with Gasteiger partial charge in [-0.25, -0.2) is 0 Å². The summed E-state index contributed by atoms with van der Waals surface area (Å²) < 4.78 is 2.51. The fourth-order valence-electron chi connectivity index (χ4n) is 9.12. The quantitative estimate of drug-likeness (QED) is 0.173. The number of para-hydroxylation sites is 2. The van der Waals surface area contributed by atoms with Crippen LogP contribution in [0, 0.1) is 11.8 Å². The number of aliphatic imine (C=N–C) groups is 2. The highest BCUT2D eigenvalue weighted by Crippen LogP contribution is 2.46. The van der Waals surface area contributed by atoms with Crippen molar-refractivity contribution in [3.63, 3.8) is 0 Å². The molecule has 10 rings (SSSR count). The molecule has 58 heavy (non-hydrogen) atoms. The van der Waals surface area contributed by atoms with Gasteiger partial charge in [-0.15, -0.1) is 0 Å². The van der Waals surface area contributed by atoms with Crippen molar-refractivity contribution in [2.45, 2.75) is 37.8 Å². The van der Waals surface area contributed by atoms with Crippen LogP contribution < -0.4 is 5.32 Å². The SMILES string of the molecule is CC1C=CC=CC1C1=NC2C=CC=C[C@]2(C)N=C1Nc1ccccc1-c1c(C2C=CC=CC2)c2ccccc2n1-c1cc(-c2ccccc2)cc(-c2ccccc2)c1. The molecule has 5 atom stereocenters. The van der Waals surface area contributed by atoms with Gasteiger partial charge in [0, 0.05) is 34.2 Å². The lowest BCUT2D eigenvalue weighted by atomic mass is 9.82. The third kappa shape index (κ3) is 6.45. The van der Waals surface area contributed by atoms with Crippen molar-refractivity contribution in [1.82, 2.24) is 4.57 Å². The molecule has 282 valence electrons. The smallest absolute Gasteiger partial charge is 0.148 e. The molecule has 0 amide bonds. The molecule has 4 heteroatoms. The third-order valence-electron chi connectivity index (χ3n) is 12.1. The first-order chi connectivity index (χ1) is 28.5. The summed E-state index contributed by atoms with van der Waals surface area (Å²) >= 11 is 0. The Morgan fingerprint density at radius 3 is 2.07 bits per heavy atom. The molecule has 4 aliphatic rings. The second-order valence-electron chi connectivity index (χ2n) is 16.0. The highest BCUT2D eigenvalue weighted by molar-refractivity contribution is 6.47. The van der Waals surface area contributed by atoms with Gasteiger partial charge in [0.25, 0.3) is 0 Å².